The van der Waals surface area contributed by atoms with E-state index < -0.39 is 10.0 Å². The van der Waals surface area contributed by atoms with Crippen molar-refractivity contribution in [1.29, 1.82) is 0 Å². The summed E-state index contributed by atoms with van der Waals surface area (Å²) < 4.78 is 30.5. The fourth-order valence-corrected chi connectivity index (χ4v) is 3.08. The molecule has 2 rings (SSSR count). The number of hydrogen-bond acceptors (Lipinski definition) is 4. The van der Waals surface area contributed by atoms with E-state index in [0.29, 0.717) is 6.54 Å². The summed E-state index contributed by atoms with van der Waals surface area (Å²) in [4.78, 5) is 0. The van der Waals surface area contributed by atoms with Gasteiger partial charge in [0.2, 0.25) is 10.0 Å². The third-order valence-electron chi connectivity index (χ3n) is 3.74. The number of para-hydroxylation sites is 1. The van der Waals surface area contributed by atoms with Gasteiger partial charge in [0.1, 0.15) is 11.3 Å². The lowest BCUT2D eigenvalue weighted by molar-refractivity contribution is 0.523. The molecule has 2 aromatic rings. The van der Waals surface area contributed by atoms with Crippen molar-refractivity contribution >= 4 is 21.0 Å². The Morgan fingerprint density at radius 3 is 2.65 bits per heavy atom. The number of rotatable bonds is 10. The lowest BCUT2D eigenvalue weighted by atomic mass is 10.1. The molecule has 0 bridgehead atoms. The highest BCUT2D eigenvalue weighted by atomic mass is 32.2. The summed E-state index contributed by atoms with van der Waals surface area (Å²) in [5.41, 5.74) is 2.17. The Morgan fingerprint density at radius 1 is 1.13 bits per heavy atom. The fraction of sp³-hybridized carbons (Fsp3) is 0.529. The Kier molecular flexibility index (Phi) is 6.62. The topological polar surface area (TPSA) is 71.3 Å². The highest BCUT2D eigenvalue weighted by molar-refractivity contribution is 7.88. The van der Waals surface area contributed by atoms with E-state index in [1.54, 1.807) is 0 Å². The van der Waals surface area contributed by atoms with Crippen LogP contribution in [0.25, 0.3) is 11.0 Å². The van der Waals surface area contributed by atoms with Gasteiger partial charge >= 0.3 is 0 Å². The summed E-state index contributed by atoms with van der Waals surface area (Å²) in [7, 11) is -3.09. The van der Waals surface area contributed by atoms with E-state index in [4.69, 9.17) is 4.42 Å². The van der Waals surface area contributed by atoms with E-state index >= 15 is 0 Å². The molecule has 2 N–H and O–H groups in total. The SMILES string of the molecule is CCCCc1oc2ccccc2c1CNCCCNS(C)(=O)=O. The molecular formula is C17H26N2O3S. The van der Waals surface area contributed by atoms with Crippen LogP contribution in [0.4, 0.5) is 0 Å². The molecule has 0 aliphatic rings. The maximum absolute atomic E-state index is 11.0. The van der Waals surface area contributed by atoms with Crippen LogP contribution in [-0.4, -0.2) is 27.8 Å². The summed E-state index contributed by atoms with van der Waals surface area (Å²) in [6.07, 6.45) is 5.15. The number of furan rings is 1. The van der Waals surface area contributed by atoms with Crippen LogP contribution < -0.4 is 10.0 Å². The minimum atomic E-state index is -3.09. The van der Waals surface area contributed by atoms with Crippen molar-refractivity contribution < 1.29 is 12.8 Å². The Hall–Kier alpha value is -1.37. The first-order valence-electron chi connectivity index (χ1n) is 8.16. The van der Waals surface area contributed by atoms with Crippen LogP contribution in [0.1, 0.15) is 37.5 Å². The molecule has 0 atom stereocenters. The zero-order valence-electron chi connectivity index (χ0n) is 13.9. The van der Waals surface area contributed by atoms with Gasteiger partial charge in [0.15, 0.2) is 0 Å². The summed E-state index contributed by atoms with van der Waals surface area (Å²) in [6.45, 7) is 4.14. The maximum Gasteiger partial charge on any atom is 0.208 e. The van der Waals surface area contributed by atoms with Gasteiger partial charge in [-0.05, 0) is 25.5 Å². The number of fused-ring (bicyclic) bond motifs is 1. The lowest BCUT2D eigenvalue weighted by Crippen LogP contribution is -2.26. The minimum Gasteiger partial charge on any atom is -0.461 e. The second-order valence-corrected chi connectivity index (χ2v) is 7.63. The molecule has 0 aliphatic carbocycles. The number of unbranched alkanes of at least 4 members (excludes halogenated alkanes) is 1. The van der Waals surface area contributed by atoms with Crippen molar-refractivity contribution in [1.82, 2.24) is 10.0 Å². The highest BCUT2D eigenvalue weighted by Crippen LogP contribution is 2.27. The number of sulfonamides is 1. The predicted octanol–water partition coefficient (Wildman–Crippen LogP) is 2.80. The van der Waals surface area contributed by atoms with Crippen molar-refractivity contribution in [3.05, 3.63) is 35.6 Å². The second kappa shape index (κ2) is 8.47. The Bertz CT molecular complexity index is 723. The van der Waals surface area contributed by atoms with Gasteiger partial charge in [-0.1, -0.05) is 31.5 Å². The van der Waals surface area contributed by atoms with E-state index in [1.165, 1.54) is 17.2 Å². The maximum atomic E-state index is 11.0. The number of benzene rings is 1. The molecule has 0 fully saturated rings. The van der Waals surface area contributed by atoms with Gasteiger partial charge in [-0.25, -0.2) is 13.1 Å². The first kappa shape index (κ1) is 18.0. The molecule has 1 heterocycles. The van der Waals surface area contributed by atoms with Crippen molar-refractivity contribution in [3.63, 3.8) is 0 Å². The van der Waals surface area contributed by atoms with Crippen LogP contribution in [-0.2, 0) is 23.0 Å². The normalized spacial score (nSPS) is 12.1. The number of nitrogens with one attached hydrogen (secondary N) is 2. The Balaban J connectivity index is 1.93. The molecule has 128 valence electrons. The van der Waals surface area contributed by atoms with Crippen LogP contribution in [0, 0.1) is 0 Å². The van der Waals surface area contributed by atoms with Crippen LogP contribution >= 0.6 is 0 Å². The molecule has 0 amide bonds. The average Bonchev–Trinajstić information content (AvgIpc) is 2.85. The molecule has 0 spiro atoms. The van der Waals surface area contributed by atoms with E-state index in [-0.39, 0.29) is 0 Å². The molecule has 1 aromatic heterocycles. The fourth-order valence-electron chi connectivity index (χ4n) is 2.57. The first-order chi connectivity index (χ1) is 11.0. The van der Waals surface area contributed by atoms with E-state index in [0.717, 1.165) is 50.1 Å². The average molecular weight is 338 g/mol. The van der Waals surface area contributed by atoms with E-state index in [1.807, 2.05) is 18.2 Å². The minimum absolute atomic E-state index is 0.459. The smallest absolute Gasteiger partial charge is 0.208 e. The van der Waals surface area contributed by atoms with Gasteiger partial charge in [0.05, 0.1) is 6.26 Å². The molecule has 0 aliphatic heterocycles. The van der Waals surface area contributed by atoms with Crippen LogP contribution in [0.5, 0.6) is 0 Å². The predicted molar refractivity (Wildman–Crippen MR) is 94.0 cm³/mol. The third kappa shape index (κ3) is 5.64. The van der Waals surface area contributed by atoms with Gasteiger partial charge in [-0.3, -0.25) is 0 Å². The lowest BCUT2D eigenvalue weighted by Gasteiger charge is -2.06. The molecule has 0 saturated heterocycles. The van der Waals surface area contributed by atoms with Crippen molar-refractivity contribution in [2.45, 2.75) is 39.2 Å². The Labute approximate surface area is 138 Å². The van der Waals surface area contributed by atoms with Gasteiger partial charge < -0.3 is 9.73 Å². The van der Waals surface area contributed by atoms with Gasteiger partial charge in [0.25, 0.3) is 0 Å². The molecule has 23 heavy (non-hydrogen) atoms. The third-order valence-corrected chi connectivity index (χ3v) is 4.46. The van der Waals surface area contributed by atoms with Crippen LogP contribution in [0.15, 0.2) is 28.7 Å². The molecule has 5 nitrogen and oxygen atoms in total. The number of hydrogen-bond donors (Lipinski definition) is 2. The van der Waals surface area contributed by atoms with Crippen LogP contribution in [0.2, 0.25) is 0 Å². The van der Waals surface area contributed by atoms with Crippen LogP contribution in [0.3, 0.4) is 0 Å². The molecule has 0 saturated carbocycles. The zero-order chi connectivity index (χ0) is 16.7. The summed E-state index contributed by atoms with van der Waals surface area (Å²) in [6, 6.07) is 8.12. The van der Waals surface area contributed by atoms with Crippen molar-refractivity contribution in [3.8, 4) is 0 Å². The second-order valence-electron chi connectivity index (χ2n) is 5.80. The van der Waals surface area contributed by atoms with Crippen molar-refractivity contribution in [2.24, 2.45) is 0 Å². The molecular weight excluding hydrogens is 312 g/mol. The largest absolute Gasteiger partial charge is 0.461 e. The summed E-state index contributed by atoms with van der Waals surface area (Å²) >= 11 is 0. The molecule has 0 radical (unpaired) electrons. The van der Waals surface area contributed by atoms with Crippen molar-refractivity contribution in [2.75, 3.05) is 19.3 Å². The van der Waals surface area contributed by atoms with E-state index in [9.17, 15) is 8.42 Å². The molecule has 6 heteroatoms. The Morgan fingerprint density at radius 2 is 1.91 bits per heavy atom. The molecule has 0 unspecified atom stereocenters. The van der Waals surface area contributed by atoms with Gasteiger partial charge in [-0.15, -0.1) is 0 Å². The summed E-state index contributed by atoms with van der Waals surface area (Å²) in [5.74, 6) is 1.06. The quantitative estimate of drug-likeness (QED) is 0.654. The van der Waals surface area contributed by atoms with Gasteiger partial charge in [0, 0.05) is 30.5 Å². The monoisotopic (exact) mass is 338 g/mol. The summed E-state index contributed by atoms with van der Waals surface area (Å²) in [5, 5.41) is 4.56. The standard InChI is InChI=1S/C17H26N2O3S/c1-3-4-9-17-15(14-8-5-6-10-16(14)22-17)13-18-11-7-12-19-23(2,20)21/h5-6,8,10,18-19H,3-4,7,9,11-13H2,1-2H3. The highest BCUT2D eigenvalue weighted by Gasteiger charge is 2.12. The van der Waals surface area contributed by atoms with E-state index in [2.05, 4.69) is 23.0 Å². The number of aryl methyl sites for hydroxylation is 1. The van der Waals surface area contributed by atoms with Gasteiger partial charge in [-0.2, -0.15) is 0 Å². The first-order valence-corrected chi connectivity index (χ1v) is 10.0. The molecule has 1 aromatic carbocycles. The zero-order valence-corrected chi connectivity index (χ0v) is 14.7.